The summed E-state index contributed by atoms with van der Waals surface area (Å²) in [5, 5.41) is 18.6. The van der Waals surface area contributed by atoms with E-state index >= 15 is 0 Å². The maximum absolute atomic E-state index is 9.40. The SMILES string of the molecule is CCC(O)C(O)CC(C)(C)C. The highest BCUT2D eigenvalue weighted by atomic mass is 16.3. The summed E-state index contributed by atoms with van der Waals surface area (Å²) >= 11 is 0. The van der Waals surface area contributed by atoms with Crippen LogP contribution in [-0.2, 0) is 0 Å². The summed E-state index contributed by atoms with van der Waals surface area (Å²) < 4.78 is 0. The lowest BCUT2D eigenvalue weighted by atomic mass is 9.87. The van der Waals surface area contributed by atoms with Crippen molar-refractivity contribution in [2.45, 2.75) is 52.7 Å². The highest BCUT2D eigenvalue weighted by Gasteiger charge is 2.21. The molecule has 11 heavy (non-hydrogen) atoms. The molecule has 2 N–H and O–H groups in total. The number of rotatable bonds is 3. The zero-order valence-electron chi connectivity index (χ0n) is 7.96. The van der Waals surface area contributed by atoms with Gasteiger partial charge in [-0.25, -0.2) is 0 Å². The summed E-state index contributed by atoms with van der Waals surface area (Å²) in [6, 6.07) is 0. The van der Waals surface area contributed by atoms with Gasteiger partial charge in [-0.15, -0.1) is 0 Å². The molecule has 0 aliphatic heterocycles. The Kier molecular flexibility index (Phi) is 4.04. The minimum atomic E-state index is -0.569. The van der Waals surface area contributed by atoms with Crippen LogP contribution in [0.4, 0.5) is 0 Å². The average molecular weight is 160 g/mol. The van der Waals surface area contributed by atoms with Gasteiger partial charge in [0.1, 0.15) is 0 Å². The molecule has 0 saturated carbocycles. The van der Waals surface area contributed by atoms with E-state index in [4.69, 9.17) is 0 Å². The summed E-state index contributed by atoms with van der Waals surface area (Å²) in [6.45, 7) is 8.03. The molecule has 0 aromatic carbocycles. The van der Waals surface area contributed by atoms with E-state index in [2.05, 4.69) is 20.8 Å². The maximum atomic E-state index is 9.40. The van der Waals surface area contributed by atoms with E-state index in [-0.39, 0.29) is 5.41 Å². The van der Waals surface area contributed by atoms with Gasteiger partial charge >= 0.3 is 0 Å². The van der Waals surface area contributed by atoms with E-state index in [0.29, 0.717) is 12.8 Å². The van der Waals surface area contributed by atoms with E-state index in [0.717, 1.165) is 0 Å². The number of aliphatic hydroxyl groups is 2. The zero-order valence-corrected chi connectivity index (χ0v) is 7.96. The highest BCUT2D eigenvalue weighted by Crippen LogP contribution is 2.22. The Balaban J connectivity index is 3.77. The fourth-order valence-corrected chi connectivity index (χ4v) is 1.04. The van der Waals surface area contributed by atoms with Gasteiger partial charge in [-0.1, -0.05) is 27.7 Å². The molecular weight excluding hydrogens is 140 g/mol. The Morgan fingerprint density at radius 3 is 1.82 bits per heavy atom. The van der Waals surface area contributed by atoms with Crippen molar-refractivity contribution in [1.82, 2.24) is 0 Å². The Morgan fingerprint density at radius 1 is 1.09 bits per heavy atom. The lowest BCUT2D eigenvalue weighted by Crippen LogP contribution is -2.29. The van der Waals surface area contributed by atoms with Gasteiger partial charge in [0.25, 0.3) is 0 Å². The van der Waals surface area contributed by atoms with Gasteiger partial charge in [0.2, 0.25) is 0 Å². The minimum absolute atomic E-state index is 0.0928. The van der Waals surface area contributed by atoms with Gasteiger partial charge in [0, 0.05) is 0 Å². The fourth-order valence-electron chi connectivity index (χ4n) is 1.04. The topological polar surface area (TPSA) is 40.5 Å². The lowest BCUT2D eigenvalue weighted by Gasteiger charge is -2.24. The van der Waals surface area contributed by atoms with Crippen LogP contribution in [0.5, 0.6) is 0 Å². The molecule has 0 heterocycles. The van der Waals surface area contributed by atoms with E-state index in [9.17, 15) is 10.2 Å². The third kappa shape index (κ3) is 5.22. The standard InChI is InChI=1S/C9H20O2/c1-5-7(10)8(11)6-9(2,3)4/h7-8,10-11H,5-6H2,1-4H3. The first kappa shape index (κ1) is 10.9. The molecule has 2 atom stereocenters. The summed E-state index contributed by atoms with van der Waals surface area (Å²) in [4.78, 5) is 0. The van der Waals surface area contributed by atoms with Gasteiger partial charge in [-0.2, -0.15) is 0 Å². The predicted octanol–water partition coefficient (Wildman–Crippen LogP) is 1.55. The van der Waals surface area contributed by atoms with E-state index in [1.807, 2.05) is 6.92 Å². The fraction of sp³-hybridized carbons (Fsp3) is 1.00. The predicted molar refractivity (Wildman–Crippen MR) is 46.4 cm³/mol. The van der Waals surface area contributed by atoms with Gasteiger partial charge in [0.05, 0.1) is 12.2 Å². The maximum Gasteiger partial charge on any atom is 0.0804 e. The van der Waals surface area contributed by atoms with Crippen LogP contribution in [0, 0.1) is 5.41 Å². The van der Waals surface area contributed by atoms with Crippen LogP contribution in [0.1, 0.15) is 40.5 Å². The van der Waals surface area contributed by atoms with Gasteiger partial charge < -0.3 is 10.2 Å². The molecule has 0 aromatic rings. The molecule has 0 rings (SSSR count). The third-order valence-corrected chi connectivity index (χ3v) is 1.68. The first-order valence-corrected chi connectivity index (χ1v) is 4.23. The molecule has 2 heteroatoms. The molecule has 0 saturated heterocycles. The van der Waals surface area contributed by atoms with Crippen LogP contribution < -0.4 is 0 Å². The third-order valence-electron chi connectivity index (χ3n) is 1.68. The molecule has 0 aliphatic rings. The summed E-state index contributed by atoms with van der Waals surface area (Å²) in [5.74, 6) is 0. The molecule has 0 bridgehead atoms. The van der Waals surface area contributed by atoms with Crippen molar-refractivity contribution in [2.75, 3.05) is 0 Å². The van der Waals surface area contributed by atoms with Crippen molar-refractivity contribution < 1.29 is 10.2 Å². The van der Waals surface area contributed by atoms with E-state index in [1.54, 1.807) is 0 Å². The molecule has 2 unspecified atom stereocenters. The normalized spacial score (nSPS) is 18.0. The molecule has 0 fully saturated rings. The monoisotopic (exact) mass is 160 g/mol. The van der Waals surface area contributed by atoms with Crippen molar-refractivity contribution in [1.29, 1.82) is 0 Å². The Hall–Kier alpha value is -0.0800. The summed E-state index contributed by atoms with van der Waals surface area (Å²) in [7, 11) is 0. The lowest BCUT2D eigenvalue weighted by molar-refractivity contribution is -0.00519. The van der Waals surface area contributed by atoms with E-state index in [1.165, 1.54) is 0 Å². The quantitative estimate of drug-likeness (QED) is 0.657. The Labute approximate surface area is 69.2 Å². The molecule has 2 nitrogen and oxygen atoms in total. The van der Waals surface area contributed by atoms with Crippen molar-refractivity contribution in [2.24, 2.45) is 5.41 Å². The largest absolute Gasteiger partial charge is 0.390 e. The van der Waals surface area contributed by atoms with Crippen LogP contribution in [-0.4, -0.2) is 22.4 Å². The van der Waals surface area contributed by atoms with Crippen LogP contribution in [0.2, 0.25) is 0 Å². The molecule has 0 aromatic heterocycles. The molecule has 0 aliphatic carbocycles. The second-order valence-electron chi connectivity index (χ2n) is 4.31. The van der Waals surface area contributed by atoms with Crippen molar-refractivity contribution in [3.8, 4) is 0 Å². The Morgan fingerprint density at radius 2 is 1.55 bits per heavy atom. The molecular formula is C9H20O2. The summed E-state index contributed by atoms with van der Waals surface area (Å²) in [5.41, 5.74) is 0.0928. The van der Waals surface area contributed by atoms with Gasteiger partial charge in [-0.05, 0) is 18.3 Å². The van der Waals surface area contributed by atoms with Crippen LogP contribution in [0.3, 0.4) is 0 Å². The summed E-state index contributed by atoms with van der Waals surface area (Å²) in [6.07, 6.45) is 0.147. The molecule has 0 radical (unpaired) electrons. The average Bonchev–Trinajstić information content (AvgIpc) is 1.82. The molecule has 0 amide bonds. The minimum Gasteiger partial charge on any atom is -0.390 e. The number of aliphatic hydroxyl groups excluding tert-OH is 2. The zero-order chi connectivity index (χ0) is 9.07. The van der Waals surface area contributed by atoms with Crippen LogP contribution >= 0.6 is 0 Å². The van der Waals surface area contributed by atoms with E-state index < -0.39 is 12.2 Å². The molecule has 0 spiro atoms. The second kappa shape index (κ2) is 4.07. The first-order chi connectivity index (χ1) is 4.87. The number of hydrogen-bond donors (Lipinski definition) is 2. The van der Waals surface area contributed by atoms with Gasteiger partial charge in [0.15, 0.2) is 0 Å². The Bertz CT molecular complexity index is 105. The van der Waals surface area contributed by atoms with Crippen molar-refractivity contribution in [3.63, 3.8) is 0 Å². The second-order valence-corrected chi connectivity index (χ2v) is 4.31. The molecule has 68 valence electrons. The van der Waals surface area contributed by atoms with Crippen LogP contribution in [0.25, 0.3) is 0 Å². The van der Waals surface area contributed by atoms with Crippen LogP contribution in [0.15, 0.2) is 0 Å². The van der Waals surface area contributed by atoms with Crippen molar-refractivity contribution >= 4 is 0 Å². The first-order valence-electron chi connectivity index (χ1n) is 4.23. The van der Waals surface area contributed by atoms with Gasteiger partial charge in [-0.3, -0.25) is 0 Å². The smallest absolute Gasteiger partial charge is 0.0804 e. The highest BCUT2D eigenvalue weighted by molar-refractivity contribution is 4.72. The van der Waals surface area contributed by atoms with Crippen molar-refractivity contribution in [3.05, 3.63) is 0 Å². The number of hydrogen-bond acceptors (Lipinski definition) is 2.